The Morgan fingerprint density at radius 1 is 0.432 bits per heavy atom. The van der Waals surface area contributed by atoms with Gasteiger partial charge in [0.15, 0.2) is 0 Å². The average Bonchev–Trinajstić information content (AvgIpc) is 3.03. The van der Waals surface area contributed by atoms with Crippen molar-refractivity contribution in [3.8, 4) is 0 Å². The highest BCUT2D eigenvalue weighted by Gasteiger charge is 2.02. The molecule has 0 aliphatic rings. The maximum Gasteiger partial charge on any atom is 0.0408 e. The molecule has 4 rings (SSSR count). The fourth-order valence-electron chi connectivity index (χ4n) is 3.19. The minimum atomic E-state index is 1.21. The van der Waals surface area contributed by atoms with E-state index in [9.17, 15) is 0 Å². The van der Waals surface area contributed by atoms with Gasteiger partial charge in [0.1, 0.15) is 0 Å². The number of allylic oxidation sites excluding steroid dienone is 1. The SMILES string of the molecule is CC.CC.CC.CC.CC=C(c1ccccc1)c1ccccc1.CN(c1ccccc1)c1ccccc1. The molecule has 0 aromatic heterocycles. The maximum atomic E-state index is 2.17. The molecule has 0 bridgehead atoms. The molecule has 0 fully saturated rings. The second-order valence-electron chi connectivity index (χ2n) is 6.66. The fourth-order valence-corrected chi connectivity index (χ4v) is 3.19. The third-order valence-electron chi connectivity index (χ3n) is 4.75. The molecule has 0 N–H and O–H groups in total. The van der Waals surface area contributed by atoms with Crippen LogP contribution < -0.4 is 4.90 Å². The van der Waals surface area contributed by atoms with Gasteiger partial charge >= 0.3 is 0 Å². The molecule has 37 heavy (non-hydrogen) atoms. The minimum Gasteiger partial charge on any atom is -0.345 e. The Morgan fingerprint density at radius 3 is 0.919 bits per heavy atom. The van der Waals surface area contributed by atoms with E-state index in [4.69, 9.17) is 0 Å². The van der Waals surface area contributed by atoms with E-state index in [2.05, 4.69) is 122 Å². The Bertz CT molecular complexity index is 910. The van der Waals surface area contributed by atoms with Gasteiger partial charge in [0.2, 0.25) is 0 Å². The number of para-hydroxylation sites is 2. The highest BCUT2D eigenvalue weighted by Crippen LogP contribution is 2.23. The molecule has 0 radical (unpaired) electrons. The summed E-state index contributed by atoms with van der Waals surface area (Å²) in [5, 5.41) is 0. The van der Waals surface area contributed by atoms with Gasteiger partial charge in [0.25, 0.3) is 0 Å². The largest absolute Gasteiger partial charge is 0.345 e. The average molecular weight is 498 g/mol. The van der Waals surface area contributed by atoms with E-state index in [1.54, 1.807) is 0 Å². The molecule has 1 nitrogen and oxygen atoms in total. The van der Waals surface area contributed by atoms with E-state index in [0.717, 1.165) is 0 Å². The highest BCUT2D eigenvalue weighted by molar-refractivity contribution is 5.79. The molecule has 200 valence electrons. The topological polar surface area (TPSA) is 3.24 Å². The second kappa shape index (κ2) is 25.5. The summed E-state index contributed by atoms with van der Waals surface area (Å²) < 4.78 is 0. The number of rotatable bonds is 4. The summed E-state index contributed by atoms with van der Waals surface area (Å²) >= 11 is 0. The van der Waals surface area contributed by atoms with Gasteiger partial charge in [0.05, 0.1) is 0 Å². The van der Waals surface area contributed by atoms with Crippen molar-refractivity contribution in [2.75, 3.05) is 11.9 Å². The lowest BCUT2D eigenvalue weighted by atomic mass is 9.98. The van der Waals surface area contributed by atoms with Crippen LogP contribution in [-0.4, -0.2) is 7.05 Å². The summed E-state index contributed by atoms with van der Waals surface area (Å²) in [4.78, 5) is 2.17. The molecule has 0 aliphatic heterocycles. The van der Waals surface area contributed by atoms with Crippen LogP contribution in [0.2, 0.25) is 0 Å². The Morgan fingerprint density at radius 2 is 0.676 bits per heavy atom. The van der Waals surface area contributed by atoms with Crippen molar-refractivity contribution in [2.24, 2.45) is 0 Å². The molecule has 0 spiro atoms. The quantitative estimate of drug-likeness (QED) is 0.271. The molecule has 4 aromatic carbocycles. The lowest BCUT2D eigenvalue weighted by molar-refractivity contribution is 1.21. The minimum absolute atomic E-state index is 1.21. The normalized spacial score (nSPS) is 8.27. The zero-order chi connectivity index (χ0) is 28.3. The summed E-state index contributed by atoms with van der Waals surface area (Å²) in [6.07, 6.45) is 2.16. The summed E-state index contributed by atoms with van der Waals surface area (Å²) in [6.45, 7) is 18.1. The molecule has 0 saturated carbocycles. The van der Waals surface area contributed by atoms with Crippen LogP contribution in [0.5, 0.6) is 0 Å². The van der Waals surface area contributed by atoms with Crippen LogP contribution in [-0.2, 0) is 0 Å². The van der Waals surface area contributed by atoms with Crippen LogP contribution in [0.1, 0.15) is 73.4 Å². The molecule has 1 heteroatoms. The van der Waals surface area contributed by atoms with Crippen molar-refractivity contribution in [2.45, 2.75) is 62.3 Å². The molecule has 0 atom stereocenters. The second-order valence-corrected chi connectivity index (χ2v) is 6.66. The number of benzene rings is 4. The molecule has 0 unspecified atom stereocenters. The predicted molar refractivity (Wildman–Crippen MR) is 172 cm³/mol. The first kappa shape index (κ1) is 35.6. The van der Waals surface area contributed by atoms with E-state index in [-0.39, 0.29) is 0 Å². The number of anilines is 2. The summed E-state index contributed by atoms with van der Waals surface area (Å²) in [5.74, 6) is 0. The first-order chi connectivity index (χ1) is 18.3. The smallest absolute Gasteiger partial charge is 0.0408 e. The number of hydrogen-bond donors (Lipinski definition) is 0. The zero-order valence-electron chi connectivity index (χ0n) is 25.1. The standard InChI is InChI=1S/C15H14.C13H13N.4C2H6/c1-2-15(13-9-5-3-6-10-13)14-11-7-4-8-12-14;1-14(12-8-4-2-5-9-12)13-10-6-3-7-11-13;4*1-2/h2-12H,1H3;2-11H,1H3;4*1-2H3. The van der Waals surface area contributed by atoms with Gasteiger partial charge in [-0.2, -0.15) is 0 Å². The van der Waals surface area contributed by atoms with Crippen molar-refractivity contribution in [1.29, 1.82) is 0 Å². The molecular formula is C36H51N. The highest BCUT2D eigenvalue weighted by atomic mass is 15.1. The monoisotopic (exact) mass is 497 g/mol. The summed E-state index contributed by atoms with van der Waals surface area (Å²) in [7, 11) is 2.07. The zero-order valence-corrected chi connectivity index (χ0v) is 25.1. The van der Waals surface area contributed by atoms with Crippen molar-refractivity contribution < 1.29 is 0 Å². The van der Waals surface area contributed by atoms with Gasteiger partial charge in [-0.3, -0.25) is 0 Å². The van der Waals surface area contributed by atoms with Crippen molar-refractivity contribution >= 4 is 16.9 Å². The van der Waals surface area contributed by atoms with Gasteiger partial charge in [-0.15, -0.1) is 0 Å². The first-order valence-electron chi connectivity index (χ1n) is 13.9. The Kier molecular flexibility index (Phi) is 24.5. The van der Waals surface area contributed by atoms with Gasteiger partial charge in [-0.05, 0) is 47.9 Å². The summed E-state index contributed by atoms with van der Waals surface area (Å²) in [6, 6.07) is 41.6. The van der Waals surface area contributed by atoms with Crippen LogP contribution >= 0.6 is 0 Å². The Hall–Kier alpha value is -3.58. The number of hydrogen-bond acceptors (Lipinski definition) is 1. The molecular weight excluding hydrogens is 446 g/mol. The molecule has 0 aliphatic carbocycles. The van der Waals surface area contributed by atoms with Gasteiger partial charge in [-0.1, -0.05) is 159 Å². The van der Waals surface area contributed by atoms with Crippen molar-refractivity contribution in [3.63, 3.8) is 0 Å². The lowest BCUT2D eigenvalue weighted by Crippen LogP contribution is -2.08. The van der Waals surface area contributed by atoms with Crippen LogP contribution in [0.25, 0.3) is 5.57 Å². The van der Waals surface area contributed by atoms with Gasteiger partial charge in [-0.25, -0.2) is 0 Å². The lowest BCUT2D eigenvalue weighted by Gasteiger charge is -2.18. The van der Waals surface area contributed by atoms with Gasteiger partial charge in [0, 0.05) is 18.4 Å². The molecule has 0 saturated heterocycles. The predicted octanol–water partition coefficient (Wildman–Crippen LogP) is 11.7. The third kappa shape index (κ3) is 13.9. The van der Waals surface area contributed by atoms with E-state index < -0.39 is 0 Å². The van der Waals surface area contributed by atoms with Crippen molar-refractivity contribution in [3.05, 3.63) is 139 Å². The van der Waals surface area contributed by atoms with E-state index >= 15 is 0 Å². The van der Waals surface area contributed by atoms with E-state index in [1.807, 2.05) is 79.7 Å². The maximum absolute atomic E-state index is 2.17. The summed E-state index contributed by atoms with van der Waals surface area (Å²) in [5.41, 5.74) is 6.24. The molecule has 4 aromatic rings. The van der Waals surface area contributed by atoms with Crippen LogP contribution in [0.4, 0.5) is 11.4 Å². The van der Waals surface area contributed by atoms with E-state index in [1.165, 1.54) is 28.1 Å². The fraction of sp³-hybridized carbons (Fsp3) is 0.278. The van der Waals surface area contributed by atoms with Crippen LogP contribution in [0, 0.1) is 0 Å². The first-order valence-corrected chi connectivity index (χ1v) is 13.9. The third-order valence-corrected chi connectivity index (χ3v) is 4.75. The van der Waals surface area contributed by atoms with Crippen molar-refractivity contribution in [1.82, 2.24) is 0 Å². The molecule has 0 heterocycles. The Labute approximate surface area is 229 Å². The number of nitrogens with zero attached hydrogens (tertiary/aromatic N) is 1. The molecule has 0 amide bonds. The Balaban J connectivity index is 0. The van der Waals surface area contributed by atoms with Gasteiger partial charge < -0.3 is 4.90 Å². The van der Waals surface area contributed by atoms with Crippen LogP contribution in [0.15, 0.2) is 127 Å². The van der Waals surface area contributed by atoms with E-state index in [0.29, 0.717) is 0 Å². The van der Waals surface area contributed by atoms with Crippen LogP contribution in [0.3, 0.4) is 0 Å².